The number of hydrogen-bond donors (Lipinski definition) is 1. The molecule has 0 bridgehead atoms. The molecule has 1 N–H and O–H groups in total. The summed E-state index contributed by atoms with van der Waals surface area (Å²) in [5, 5.41) is 7.82. The molecule has 2 atom stereocenters. The molecule has 3 rings (SSSR count). The summed E-state index contributed by atoms with van der Waals surface area (Å²) in [6.45, 7) is 4.26. The monoisotopic (exact) mass is 497 g/mol. The van der Waals surface area contributed by atoms with Gasteiger partial charge in [0.1, 0.15) is 0 Å². The van der Waals surface area contributed by atoms with Crippen molar-refractivity contribution in [3.8, 4) is 5.69 Å². The molecule has 2 aromatic rings. The van der Waals surface area contributed by atoms with E-state index in [0.29, 0.717) is 6.54 Å². The van der Waals surface area contributed by atoms with Gasteiger partial charge in [-0.2, -0.15) is 5.10 Å². The maximum Gasteiger partial charge on any atom is 0.310 e. The fraction of sp³-hybridized carbons (Fsp3) is 0.450. The van der Waals surface area contributed by atoms with Crippen LogP contribution in [0, 0.1) is 11.8 Å². The number of benzene rings is 1. The van der Waals surface area contributed by atoms with Crippen molar-refractivity contribution >= 4 is 35.9 Å². The standard InChI is InChI=1S/C20H27N5O2.HI/c1-15-12-24(14-18(15)19(26)27-3)20(21-2)22-10-9-16-11-23-25(13-16)17-7-5-4-6-8-17;/h4-8,11,13,15,18H,9-10,12,14H2,1-3H3,(H,21,22);1H. The highest BCUT2D eigenvalue weighted by Gasteiger charge is 2.36. The summed E-state index contributed by atoms with van der Waals surface area (Å²) in [5.41, 5.74) is 2.21. The largest absolute Gasteiger partial charge is 0.469 e. The van der Waals surface area contributed by atoms with Crippen LogP contribution >= 0.6 is 24.0 Å². The lowest BCUT2D eigenvalue weighted by Crippen LogP contribution is -2.41. The molecule has 1 aromatic carbocycles. The molecule has 8 heteroatoms. The van der Waals surface area contributed by atoms with Gasteiger partial charge in [0.2, 0.25) is 0 Å². The number of esters is 1. The number of halogens is 1. The van der Waals surface area contributed by atoms with E-state index < -0.39 is 0 Å². The number of guanidine groups is 1. The topological polar surface area (TPSA) is 71.8 Å². The van der Waals surface area contributed by atoms with Gasteiger partial charge in [-0.1, -0.05) is 25.1 Å². The number of carbonyl (C=O) groups is 1. The molecule has 1 aliphatic rings. The molecule has 1 fully saturated rings. The number of aliphatic imine (C=N–C) groups is 1. The predicted octanol–water partition coefficient (Wildman–Crippen LogP) is 2.35. The molecule has 0 saturated carbocycles. The van der Waals surface area contributed by atoms with Gasteiger partial charge in [0, 0.05) is 32.9 Å². The number of likely N-dealkylation sites (tertiary alicyclic amines) is 1. The van der Waals surface area contributed by atoms with E-state index in [1.807, 2.05) is 47.4 Å². The first kappa shape index (κ1) is 22.2. The van der Waals surface area contributed by atoms with Gasteiger partial charge in [0.25, 0.3) is 0 Å². The van der Waals surface area contributed by atoms with E-state index in [1.165, 1.54) is 7.11 Å². The van der Waals surface area contributed by atoms with E-state index in [1.54, 1.807) is 7.05 Å². The summed E-state index contributed by atoms with van der Waals surface area (Å²) < 4.78 is 6.79. The average Bonchev–Trinajstić information content (AvgIpc) is 3.32. The van der Waals surface area contributed by atoms with Crippen LogP contribution in [0.1, 0.15) is 12.5 Å². The van der Waals surface area contributed by atoms with Crippen LogP contribution in [-0.4, -0.2) is 60.4 Å². The smallest absolute Gasteiger partial charge is 0.310 e. The van der Waals surface area contributed by atoms with Gasteiger partial charge in [0.05, 0.1) is 24.9 Å². The number of para-hydroxylation sites is 1. The van der Waals surface area contributed by atoms with Crippen LogP contribution in [0.25, 0.3) is 5.69 Å². The summed E-state index contributed by atoms with van der Waals surface area (Å²) in [7, 11) is 3.21. The van der Waals surface area contributed by atoms with E-state index in [0.717, 1.165) is 36.7 Å². The van der Waals surface area contributed by atoms with Crippen molar-refractivity contribution in [3.05, 3.63) is 48.3 Å². The second-order valence-corrected chi connectivity index (χ2v) is 6.86. The van der Waals surface area contributed by atoms with Crippen molar-refractivity contribution in [3.63, 3.8) is 0 Å². The normalized spacial score (nSPS) is 19.2. The van der Waals surface area contributed by atoms with Gasteiger partial charge in [-0.15, -0.1) is 24.0 Å². The highest BCUT2D eigenvalue weighted by molar-refractivity contribution is 14.0. The van der Waals surface area contributed by atoms with Crippen LogP contribution in [0.5, 0.6) is 0 Å². The number of ether oxygens (including phenoxy) is 1. The zero-order valence-electron chi connectivity index (χ0n) is 16.5. The first-order valence-electron chi connectivity index (χ1n) is 9.24. The van der Waals surface area contributed by atoms with Crippen LogP contribution in [0.2, 0.25) is 0 Å². The average molecular weight is 497 g/mol. The molecule has 28 heavy (non-hydrogen) atoms. The maximum absolute atomic E-state index is 11.9. The molecule has 2 unspecified atom stereocenters. The zero-order chi connectivity index (χ0) is 19.2. The number of nitrogens with one attached hydrogen (secondary N) is 1. The zero-order valence-corrected chi connectivity index (χ0v) is 18.9. The van der Waals surface area contributed by atoms with E-state index >= 15 is 0 Å². The van der Waals surface area contributed by atoms with Crippen LogP contribution < -0.4 is 5.32 Å². The number of methoxy groups -OCH3 is 1. The van der Waals surface area contributed by atoms with Crippen molar-refractivity contribution in [1.29, 1.82) is 0 Å². The molecular weight excluding hydrogens is 469 g/mol. The Hall–Kier alpha value is -2.10. The number of nitrogens with zero attached hydrogens (tertiary/aromatic N) is 4. The first-order valence-corrected chi connectivity index (χ1v) is 9.24. The molecule has 2 heterocycles. The summed E-state index contributed by atoms with van der Waals surface area (Å²) in [4.78, 5) is 18.4. The third-order valence-electron chi connectivity index (χ3n) is 4.98. The fourth-order valence-electron chi connectivity index (χ4n) is 3.46. The number of aromatic nitrogens is 2. The van der Waals surface area contributed by atoms with Crippen molar-refractivity contribution in [2.45, 2.75) is 13.3 Å². The Labute approximate surface area is 183 Å². The molecule has 1 saturated heterocycles. The SMILES string of the molecule is CN=C(NCCc1cnn(-c2ccccc2)c1)N1CC(C)C(C(=O)OC)C1.I. The minimum absolute atomic E-state index is 0. The van der Waals surface area contributed by atoms with Crippen LogP contribution in [0.3, 0.4) is 0 Å². The van der Waals surface area contributed by atoms with Crippen LogP contribution in [0.4, 0.5) is 0 Å². The van der Waals surface area contributed by atoms with E-state index in [-0.39, 0.29) is 41.8 Å². The second-order valence-electron chi connectivity index (χ2n) is 6.86. The lowest BCUT2D eigenvalue weighted by atomic mass is 9.99. The van der Waals surface area contributed by atoms with Crippen LogP contribution in [0.15, 0.2) is 47.7 Å². The van der Waals surface area contributed by atoms with Gasteiger partial charge < -0.3 is 15.0 Å². The molecule has 1 aromatic heterocycles. The quantitative estimate of drug-likeness (QED) is 0.297. The van der Waals surface area contributed by atoms with E-state index in [2.05, 4.69) is 27.2 Å². The Morgan fingerprint density at radius 1 is 1.32 bits per heavy atom. The molecule has 0 amide bonds. The van der Waals surface area contributed by atoms with Crippen LogP contribution in [-0.2, 0) is 16.0 Å². The van der Waals surface area contributed by atoms with Gasteiger partial charge in [-0.05, 0) is 30.0 Å². The summed E-state index contributed by atoms with van der Waals surface area (Å²) in [6.07, 6.45) is 4.78. The molecule has 1 aliphatic heterocycles. The lowest BCUT2D eigenvalue weighted by Gasteiger charge is -2.21. The first-order chi connectivity index (χ1) is 13.1. The van der Waals surface area contributed by atoms with E-state index in [9.17, 15) is 4.79 Å². The number of rotatable bonds is 5. The third kappa shape index (κ3) is 5.24. The Morgan fingerprint density at radius 2 is 2.07 bits per heavy atom. The minimum atomic E-state index is -0.145. The predicted molar refractivity (Wildman–Crippen MR) is 120 cm³/mol. The lowest BCUT2D eigenvalue weighted by molar-refractivity contribution is -0.145. The molecular formula is C20H28IN5O2. The molecule has 0 radical (unpaired) electrons. The Kier molecular flexibility index (Phi) is 8.28. The second kappa shape index (κ2) is 10.4. The van der Waals surface area contributed by atoms with Gasteiger partial charge >= 0.3 is 5.97 Å². The third-order valence-corrected chi connectivity index (χ3v) is 4.98. The summed E-state index contributed by atoms with van der Waals surface area (Å²) >= 11 is 0. The molecule has 0 aliphatic carbocycles. The molecule has 152 valence electrons. The number of carbonyl (C=O) groups excluding carboxylic acids is 1. The fourth-order valence-corrected chi connectivity index (χ4v) is 3.46. The molecule has 7 nitrogen and oxygen atoms in total. The van der Waals surface area contributed by atoms with Crippen molar-refractivity contribution < 1.29 is 9.53 Å². The summed E-state index contributed by atoms with van der Waals surface area (Å²) in [5.74, 6) is 0.829. The Bertz CT molecular complexity index is 793. The van der Waals surface area contributed by atoms with Crippen molar-refractivity contribution in [2.75, 3.05) is 33.8 Å². The minimum Gasteiger partial charge on any atom is -0.469 e. The van der Waals surface area contributed by atoms with Crippen molar-refractivity contribution in [2.24, 2.45) is 16.8 Å². The highest BCUT2D eigenvalue weighted by atomic mass is 127. The van der Waals surface area contributed by atoms with Crippen molar-refractivity contribution in [1.82, 2.24) is 20.0 Å². The maximum atomic E-state index is 11.9. The number of hydrogen-bond acceptors (Lipinski definition) is 4. The van der Waals surface area contributed by atoms with Gasteiger partial charge in [-0.3, -0.25) is 9.79 Å². The van der Waals surface area contributed by atoms with Gasteiger partial charge in [0.15, 0.2) is 5.96 Å². The Balaban J connectivity index is 0.00000280. The van der Waals surface area contributed by atoms with E-state index in [4.69, 9.17) is 4.74 Å². The Morgan fingerprint density at radius 3 is 2.75 bits per heavy atom. The van der Waals surface area contributed by atoms with Gasteiger partial charge in [-0.25, -0.2) is 4.68 Å². The molecule has 0 spiro atoms. The summed E-state index contributed by atoms with van der Waals surface area (Å²) in [6, 6.07) is 10.1. The highest BCUT2D eigenvalue weighted by Crippen LogP contribution is 2.24.